The highest BCUT2D eigenvalue weighted by Gasteiger charge is 2.45. The molecule has 0 heterocycles. The number of hydrogen-bond acceptors (Lipinski definition) is 0. The Morgan fingerprint density at radius 3 is 1.57 bits per heavy atom. The summed E-state index contributed by atoms with van der Waals surface area (Å²) in [6, 6.07) is 79.6. The minimum atomic E-state index is -0.477. The van der Waals surface area contributed by atoms with E-state index in [-0.39, 0.29) is 0 Å². The summed E-state index contributed by atoms with van der Waals surface area (Å²) in [6.07, 6.45) is 0. The van der Waals surface area contributed by atoms with E-state index in [0.29, 0.717) is 0 Å². The van der Waals surface area contributed by atoms with Gasteiger partial charge in [0.2, 0.25) is 0 Å². The molecule has 270 valence electrons. The van der Waals surface area contributed by atoms with E-state index >= 15 is 0 Å². The van der Waals surface area contributed by atoms with Crippen molar-refractivity contribution >= 4 is 53.9 Å². The first-order valence-electron chi connectivity index (χ1n) is 20.3. The van der Waals surface area contributed by atoms with Crippen molar-refractivity contribution in [1.29, 1.82) is 0 Å². The summed E-state index contributed by atoms with van der Waals surface area (Å²) in [6.45, 7) is 2.22. The van der Waals surface area contributed by atoms with Gasteiger partial charge in [0.05, 0.1) is 5.41 Å². The smallest absolute Gasteiger partial charge is 0.0622 e. The zero-order chi connectivity index (χ0) is 38.4. The largest absolute Gasteiger partial charge is 0.0714 e. The lowest BCUT2D eigenvalue weighted by atomic mass is 9.67. The SMILES string of the molecule is Cc1ccc2c(-c3cc4c5c(ccc6cccc(c65)C4(c4ccccc4)c4ccccc4)c3)c3ccccc3c(-c3ccc(-c4ccc5ccccc5c4)cc3)c2c1. The van der Waals surface area contributed by atoms with Crippen LogP contribution in [0.15, 0.2) is 212 Å². The first-order valence-corrected chi connectivity index (χ1v) is 20.3. The van der Waals surface area contributed by atoms with Gasteiger partial charge in [-0.05, 0) is 135 Å². The Kier molecular flexibility index (Phi) is 7.16. The van der Waals surface area contributed by atoms with Crippen molar-refractivity contribution in [3.05, 3.63) is 240 Å². The van der Waals surface area contributed by atoms with Crippen LogP contribution in [-0.4, -0.2) is 0 Å². The van der Waals surface area contributed by atoms with Gasteiger partial charge in [-0.2, -0.15) is 0 Å². The maximum atomic E-state index is 2.54. The predicted molar refractivity (Wildman–Crippen MR) is 247 cm³/mol. The van der Waals surface area contributed by atoms with Crippen molar-refractivity contribution in [2.45, 2.75) is 12.3 Å². The van der Waals surface area contributed by atoms with E-state index < -0.39 is 5.41 Å². The number of fused-ring (bicyclic) bond motifs is 3. The lowest BCUT2D eigenvalue weighted by Crippen LogP contribution is -2.28. The van der Waals surface area contributed by atoms with Crippen LogP contribution in [-0.2, 0) is 5.41 Å². The molecule has 0 unspecified atom stereocenters. The van der Waals surface area contributed by atoms with Gasteiger partial charge in [-0.25, -0.2) is 0 Å². The van der Waals surface area contributed by atoms with Gasteiger partial charge < -0.3 is 0 Å². The Labute approximate surface area is 338 Å². The van der Waals surface area contributed by atoms with Gasteiger partial charge in [-0.15, -0.1) is 0 Å². The standard InChI is InChI=1S/C58H38/c1-37-23-32-50-51(33-37)54(41-27-24-39(25-28-41)43-30-26-38-13-8-9-14-42(38)34-43)48-20-10-11-21-49(48)55(50)45-35-44-31-29-40-15-12-22-52-56(40)57(44)53(36-45)58(52,46-16-4-2-5-17-46)47-18-6-3-7-19-47/h2-36H,1H3. The third kappa shape index (κ3) is 4.70. The van der Waals surface area contributed by atoms with Crippen LogP contribution in [0.25, 0.3) is 87.2 Å². The molecule has 0 spiro atoms. The molecule has 11 aromatic carbocycles. The number of rotatable bonds is 5. The molecule has 0 atom stereocenters. The van der Waals surface area contributed by atoms with Crippen molar-refractivity contribution in [3.8, 4) is 33.4 Å². The molecule has 0 N–H and O–H groups in total. The average Bonchev–Trinajstić information content (AvgIpc) is 3.59. The molecule has 1 aliphatic carbocycles. The molecule has 0 amide bonds. The van der Waals surface area contributed by atoms with Crippen LogP contribution in [0.1, 0.15) is 27.8 Å². The van der Waals surface area contributed by atoms with Gasteiger partial charge >= 0.3 is 0 Å². The van der Waals surface area contributed by atoms with E-state index in [4.69, 9.17) is 0 Å². The molecular formula is C58H38. The molecule has 0 saturated carbocycles. The van der Waals surface area contributed by atoms with Crippen LogP contribution in [0.5, 0.6) is 0 Å². The van der Waals surface area contributed by atoms with Crippen LogP contribution >= 0.6 is 0 Å². The summed E-state index contributed by atoms with van der Waals surface area (Å²) in [5.74, 6) is 0. The first-order chi connectivity index (χ1) is 28.7. The fraction of sp³-hybridized carbons (Fsp3) is 0.0345. The maximum Gasteiger partial charge on any atom is 0.0714 e. The normalized spacial score (nSPS) is 13.1. The van der Waals surface area contributed by atoms with E-state index in [9.17, 15) is 0 Å². The fourth-order valence-electron chi connectivity index (χ4n) is 10.4. The number of benzene rings is 11. The van der Waals surface area contributed by atoms with Crippen LogP contribution in [0.3, 0.4) is 0 Å². The highest BCUT2D eigenvalue weighted by Crippen LogP contribution is 2.57. The van der Waals surface area contributed by atoms with Crippen LogP contribution in [0.2, 0.25) is 0 Å². The molecular weight excluding hydrogens is 697 g/mol. The van der Waals surface area contributed by atoms with Gasteiger partial charge in [-0.1, -0.05) is 200 Å². The molecule has 0 bridgehead atoms. The summed E-state index contributed by atoms with van der Waals surface area (Å²) in [7, 11) is 0. The molecule has 58 heavy (non-hydrogen) atoms. The van der Waals surface area contributed by atoms with Crippen molar-refractivity contribution < 1.29 is 0 Å². The maximum absolute atomic E-state index is 2.54. The predicted octanol–water partition coefficient (Wildman–Crippen LogP) is 15.5. The van der Waals surface area contributed by atoms with Crippen molar-refractivity contribution in [3.63, 3.8) is 0 Å². The lowest BCUT2D eigenvalue weighted by Gasteiger charge is -2.34. The van der Waals surface area contributed by atoms with Gasteiger partial charge in [-0.3, -0.25) is 0 Å². The molecule has 0 saturated heterocycles. The molecule has 0 aromatic heterocycles. The molecule has 0 aliphatic heterocycles. The van der Waals surface area contributed by atoms with E-state index in [2.05, 4.69) is 219 Å². The first kappa shape index (κ1) is 32.9. The summed E-state index contributed by atoms with van der Waals surface area (Å²) < 4.78 is 0. The molecule has 0 radical (unpaired) electrons. The Morgan fingerprint density at radius 2 is 0.828 bits per heavy atom. The van der Waals surface area contributed by atoms with Crippen LogP contribution < -0.4 is 0 Å². The average molecular weight is 735 g/mol. The second-order valence-electron chi connectivity index (χ2n) is 16.1. The van der Waals surface area contributed by atoms with Gasteiger partial charge in [0, 0.05) is 0 Å². The fourth-order valence-corrected chi connectivity index (χ4v) is 10.4. The highest BCUT2D eigenvalue weighted by molar-refractivity contribution is 6.23. The molecule has 0 heteroatoms. The Hall–Kier alpha value is -7.28. The Morgan fingerprint density at radius 1 is 0.293 bits per heavy atom. The minimum Gasteiger partial charge on any atom is -0.0622 e. The number of aryl methyl sites for hydroxylation is 1. The van der Waals surface area contributed by atoms with Crippen LogP contribution in [0, 0.1) is 6.92 Å². The zero-order valence-corrected chi connectivity index (χ0v) is 32.2. The second-order valence-corrected chi connectivity index (χ2v) is 16.1. The summed E-state index contributed by atoms with van der Waals surface area (Å²) in [5, 5.41) is 12.9. The molecule has 0 nitrogen and oxygen atoms in total. The third-order valence-corrected chi connectivity index (χ3v) is 12.9. The monoisotopic (exact) mass is 734 g/mol. The van der Waals surface area contributed by atoms with E-state index in [0.717, 1.165) is 0 Å². The van der Waals surface area contributed by atoms with Gasteiger partial charge in [0.1, 0.15) is 0 Å². The topological polar surface area (TPSA) is 0 Å². The van der Waals surface area contributed by atoms with Gasteiger partial charge in [0.15, 0.2) is 0 Å². The summed E-state index contributed by atoms with van der Waals surface area (Å²) >= 11 is 0. The molecule has 0 fully saturated rings. The zero-order valence-electron chi connectivity index (χ0n) is 32.2. The van der Waals surface area contributed by atoms with Crippen molar-refractivity contribution in [1.82, 2.24) is 0 Å². The molecule has 1 aliphatic rings. The third-order valence-electron chi connectivity index (χ3n) is 12.9. The second kappa shape index (κ2) is 12.6. The van der Waals surface area contributed by atoms with E-state index in [1.165, 1.54) is 115 Å². The van der Waals surface area contributed by atoms with Gasteiger partial charge in [0.25, 0.3) is 0 Å². The summed E-state index contributed by atoms with van der Waals surface area (Å²) in [5.41, 5.74) is 13.6. The van der Waals surface area contributed by atoms with Crippen molar-refractivity contribution in [2.24, 2.45) is 0 Å². The number of hydrogen-bond donors (Lipinski definition) is 0. The lowest BCUT2D eigenvalue weighted by molar-refractivity contribution is 0.772. The highest BCUT2D eigenvalue weighted by atomic mass is 14.5. The van der Waals surface area contributed by atoms with E-state index in [1.54, 1.807) is 0 Å². The van der Waals surface area contributed by atoms with Crippen LogP contribution in [0.4, 0.5) is 0 Å². The van der Waals surface area contributed by atoms with E-state index in [1.807, 2.05) is 0 Å². The molecule has 12 rings (SSSR count). The molecule has 11 aromatic rings. The Balaban J connectivity index is 1.13. The Bertz CT molecular complexity index is 3390. The summed E-state index contributed by atoms with van der Waals surface area (Å²) in [4.78, 5) is 0. The minimum absolute atomic E-state index is 0.477. The quantitative estimate of drug-likeness (QED) is 0.122. The van der Waals surface area contributed by atoms with Crippen molar-refractivity contribution in [2.75, 3.05) is 0 Å².